The molecular weight excluding hydrogens is 548 g/mol. The van der Waals surface area contributed by atoms with Crippen LogP contribution in [0.15, 0.2) is 47.6 Å². The quantitative estimate of drug-likeness (QED) is 0.138. The molecule has 2 aliphatic rings. The molecule has 0 aromatic rings. The molecule has 5 unspecified atom stereocenters. The second-order valence-electron chi connectivity index (χ2n) is 12.5. The molecule has 0 aromatic carbocycles. The fraction of sp³-hybridized carbons (Fsp3) is 0.714. The lowest BCUT2D eigenvalue weighted by Gasteiger charge is -2.42. The van der Waals surface area contributed by atoms with Crippen molar-refractivity contribution in [1.82, 2.24) is 0 Å². The maximum atomic E-state index is 13.0. The van der Waals surface area contributed by atoms with Gasteiger partial charge >= 0.3 is 11.9 Å². The number of methoxy groups -OCH3 is 1. The Morgan fingerprint density at radius 2 is 1.81 bits per heavy atom. The summed E-state index contributed by atoms with van der Waals surface area (Å²) < 4.78 is 22.5. The first-order valence-corrected chi connectivity index (χ1v) is 15.9. The van der Waals surface area contributed by atoms with Crippen LogP contribution in [0.2, 0.25) is 0 Å². The van der Waals surface area contributed by atoms with Crippen molar-refractivity contribution in [2.24, 2.45) is 23.7 Å². The van der Waals surface area contributed by atoms with E-state index in [0.29, 0.717) is 32.1 Å². The Kier molecular flexibility index (Phi) is 15.4. The molecule has 8 nitrogen and oxygen atoms in total. The predicted molar refractivity (Wildman–Crippen MR) is 168 cm³/mol. The third-order valence-electron chi connectivity index (χ3n) is 9.30. The van der Waals surface area contributed by atoms with E-state index in [1.807, 2.05) is 65.8 Å². The average Bonchev–Trinajstić information content (AvgIpc) is 2.97. The molecule has 0 aliphatic carbocycles. The number of aliphatic hydroxyl groups excluding tert-OH is 1. The maximum Gasteiger partial charge on any atom is 0.309 e. The lowest BCUT2D eigenvalue weighted by molar-refractivity contribution is -0.184. The van der Waals surface area contributed by atoms with Crippen molar-refractivity contribution < 1.29 is 38.7 Å². The van der Waals surface area contributed by atoms with E-state index in [0.717, 1.165) is 11.1 Å². The number of carbonyl (C=O) groups is 2. The largest absolute Gasteiger partial charge is 0.462 e. The number of hydrogen-bond donors (Lipinski definition) is 2. The molecule has 0 spiro atoms. The summed E-state index contributed by atoms with van der Waals surface area (Å²) in [4.78, 5) is 25.0. The minimum Gasteiger partial charge on any atom is -0.462 e. The minimum absolute atomic E-state index is 0.0128. The molecule has 2 aliphatic heterocycles. The molecule has 0 saturated carbocycles. The highest BCUT2D eigenvalue weighted by Gasteiger charge is 2.45. The Morgan fingerprint density at radius 1 is 1.12 bits per heavy atom. The van der Waals surface area contributed by atoms with Crippen LogP contribution < -0.4 is 0 Å². The van der Waals surface area contributed by atoms with Gasteiger partial charge in [-0.1, -0.05) is 76.6 Å². The van der Waals surface area contributed by atoms with Gasteiger partial charge in [0.05, 0.1) is 24.2 Å². The van der Waals surface area contributed by atoms with Gasteiger partial charge in [-0.3, -0.25) is 9.59 Å². The third-order valence-corrected chi connectivity index (χ3v) is 9.30. The Labute approximate surface area is 259 Å². The van der Waals surface area contributed by atoms with Gasteiger partial charge in [0, 0.05) is 37.2 Å². The molecule has 0 bridgehead atoms. The van der Waals surface area contributed by atoms with Gasteiger partial charge in [0.25, 0.3) is 0 Å². The van der Waals surface area contributed by atoms with Crippen molar-refractivity contribution in [2.45, 2.75) is 123 Å². The molecule has 2 N–H and O–H groups in total. The van der Waals surface area contributed by atoms with Crippen LogP contribution in [0.3, 0.4) is 0 Å². The molecule has 2 rings (SSSR count). The Bertz CT molecular complexity index is 1010. The Morgan fingerprint density at radius 3 is 2.49 bits per heavy atom. The summed E-state index contributed by atoms with van der Waals surface area (Å²) >= 11 is 0. The molecular formula is C35H56O8. The van der Waals surface area contributed by atoms with E-state index in [2.05, 4.69) is 13.0 Å². The van der Waals surface area contributed by atoms with E-state index in [1.54, 1.807) is 13.2 Å². The zero-order valence-electron chi connectivity index (χ0n) is 27.6. The van der Waals surface area contributed by atoms with Crippen molar-refractivity contribution in [3.63, 3.8) is 0 Å². The summed E-state index contributed by atoms with van der Waals surface area (Å²) in [5.74, 6) is -1.00. The molecule has 9 atom stereocenters. The van der Waals surface area contributed by atoms with Crippen LogP contribution in [0.25, 0.3) is 0 Å². The zero-order valence-corrected chi connectivity index (χ0v) is 27.6. The molecule has 244 valence electrons. The second-order valence-corrected chi connectivity index (χ2v) is 12.5. The zero-order chi connectivity index (χ0) is 32.2. The first kappa shape index (κ1) is 36.9. The van der Waals surface area contributed by atoms with Gasteiger partial charge in [-0.25, -0.2) is 0 Å². The highest BCUT2D eigenvalue weighted by molar-refractivity contribution is 5.72. The summed E-state index contributed by atoms with van der Waals surface area (Å²) in [7, 11) is 1.58. The molecule has 1 saturated heterocycles. The Hall–Kier alpha value is -2.26. The van der Waals surface area contributed by atoms with Gasteiger partial charge in [0.2, 0.25) is 0 Å². The predicted octanol–water partition coefficient (Wildman–Crippen LogP) is 6.22. The summed E-state index contributed by atoms with van der Waals surface area (Å²) in [6.07, 6.45) is 13.2. The Balaban J connectivity index is 2.18. The van der Waals surface area contributed by atoms with Crippen LogP contribution in [-0.2, 0) is 28.5 Å². The highest BCUT2D eigenvalue weighted by Crippen LogP contribution is 2.37. The molecule has 0 amide bonds. The number of carbonyl (C=O) groups excluding carboxylic acids is 2. The van der Waals surface area contributed by atoms with Gasteiger partial charge < -0.3 is 29.2 Å². The first-order chi connectivity index (χ1) is 20.3. The molecule has 43 heavy (non-hydrogen) atoms. The van der Waals surface area contributed by atoms with Crippen molar-refractivity contribution in [1.29, 1.82) is 0 Å². The number of ether oxygens (including phenoxy) is 4. The van der Waals surface area contributed by atoms with Crippen molar-refractivity contribution in [3.05, 3.63) is 47.6 Å². The van der Waals surface area contributed by atoms with Crippen LogP contribution >= 0.6 is 0 Å². The highest BCUT2D eigenvalue weighted by atomic mass is 16.7. The van der Waals surface area contributed by atoms with E-state index >= 15 is 0 Å². The fourth-order valence-electron chi connectivity index (χ4n) is 6.14. The normalized spacial score (nSPS) is 38.0. The number of rotatable bonds is 9. The topological polar surface area (TPSA) is 112 Å². The fourth-order valence-corrected chi connectivity index (χ4v) is 6.14. The monoisotopic (exact) mass is 604 g/mol. The first-order valence-electron chi connectivity index (χ1n) is 15.9. The SMILES string of the molecule is CC[C@@H]1OC(=O)C[C@@](O)(CCC/C=C(\C)C2OC(=O)CC/C=C(\C)C(C)[C@H](OCOC)C(C)C(O)/C=C\C=C/[C@@H]2C)C1C. The standard InChI is InChI=1S/C35H56O8/c1-9-30-28(7)35(39,21-32(38)42-30)20-13-12-16-25(4)33-24(3)15-10-11-18-29(36)27(6)34(41-22-40-8)26(5)23(2)17-14-19-31(37)43-33/h10-11,15-18,24,26-30,33-34,36,39H,9,12-14,19-22H2,1-8H3/b15-10-,18-11-,23-17+,25-16+/t24-,26?,27?,28?,29?,30-,33?,34-,35-/m0/s1. The third kappa shape index (κ3) is 11.0. The maximum absolute atomic E-state index is 13.0. The molecule has 0 aromatic heterocycles. The number of aliphatic hydroxyl groups is 2. The van der Waals surface area contributed by atoms with Crippen LogP contribution in [0.4, 0.5) is 0 Å². The number of unbranched alkanes of at least 4 members (excludes halogenated alkanes) is 1. The molecule has 2 heterocycles. The number of esters is 2. The minimum atomic E-state index is -1.07. The smallest absolute Gasteiger partial charge is 0.309 e. The number of allylic oxidation sites excluding steroid dienone is 4. The van der Waals surface area contributed by atoms with E-state index in [4.69, 9.17) is 18.9 Å². The lowest BCUT2D eigenvalue weighted by atomic mass is 9.76. The van der Waals surface area contributed by atoms with Gasteiger partial charge in [0.1, 0.15) is 19.0 Å². The van der Waals surface area contributed by atoms with Gasteiger partial charge in [0.15, 0.2) is 0 Å². The van der Waals surface area contributed by atoms with Crippen LogP contribution in [0, 0.1) is 23.7 Å². The number of cyclic esters (lactones) is 2. The molecule has 1 fully saturated rings. The van der Waals surface area contributed by atoms with E-state index in [9.17, 15) is 19.8 Å². The summed E-state index contributed by atoms with van der Waals surface area (Å²) in [5.41, 5.74) is 0.949. The summed E-state index contributed by atoms with van der Waals surface area (Å²) in [5, 5.41) is 22.2. The van der Waals surface area contributed by atoms with Gasteiger partial charge in [-0.15, -0.1) is 0 Å². The van der Waals surface area contributed by atoms with E-state index in [1.165, 1.54) is 0 Å². The van der Waals surface area contributed by atoms with Crippen molar-refractivity contribution >= 4 is 11.9 Å². The summed E-state index contributed by atoms with van der Waals surface area (Å²) in [6.45, 7) is 14.1. The summed E-state index contributed by atoms with van der Waals surface area (Å²) in [6, 6.07) is 0. The van der Waals surface area contributed by atoms with Crippen molar-refractivity contribution in [2.75, 3.05) is 13.9 Å². The van der Waals surface area contributed by atoms with Crippen LogP contribution in [-0.4, -0.2) is 66.1 Å². The average molecular weight is 605 g/mol. The number of hydrogen-bond acceptors (Lipinski definition) is 8. The van der Waals surface area contributed by atoms with Crippen molar-refractivity contribution in [3.8, 4) is 0 Å². The van der Waals surface area contributed by atoms with Crippen LogP contribution in [0.1, 0.15) is 93.4 Å². The van der Waals surface area contributed by atoms with E-state index < -0.39 is 17.8 Å². The van der Waals surface area contributed by atoms with Crippen LogP contribution in [0.5, 0.6) is 0 Å². The van der Waals surface area contributed by atoms with Gasteiger partial charge in [-0.2, -0.15) is 0 Å². The molecule has 0 radical (unpaired) electrons. The van der Waals surface area contributed by atoms with Gasteiger partial charge in [-0.05, 0) is 51.5 Å². The lowest BCUT2D eigenvalue weighted by Crippen LogP contribution is -2.50. The molecule has 8 heteroatoms. The second kappa shape index (κ2) is 17.9. The van der Waals surface area contributed by atoms with E-state index in [-0.39, 0.29) is 67.5 Å².